The molecule has 1 aliphatic rings. The first kappa shape index (κ1) is 20.4. The molecule has 4 heteroatoms. The summed E-state index contributed by atoms with van der Waals surface area (Å²) in [6.07, 6.45) is 2.00. The predicted molar refractivity (Wildman–Crippen MR) is 131 cm³/mol. The van der Waals surface area contributed by atoms with Crippen molar-refractivity contribution >= 4 is 5.69 Å². The highest BCUT2D eigenvalue weighted by atomic mass is 16.5. The second-order valence-electron chi connectivity index (χ2n) is 8.53. The van der Waals surface area contributed by atoms with E-state index in [-0.39, 0.29) is 6.17 Å². The van der Waals surface area contributed by atoms with Gasteiger partial charge in [-0.3, -0.25) is 0 Å². The zero-order valence-corrected chi connectivity index (χ0v) is 18.9. The van der Waals surface area contributed by atoms with Crippen LogP contribution in [0.1, 0.15) is 42.8 Å². The first-order valence-corrected chi connectivity index (χ1v) is 11.4. The van der Waals surface area contributed by atoms with Crippen molar-refractivity contribution in [2.75, 3.05) is 11.9 Å². The summed E-state index contributed by atoms with van der Waals surface area (Å²) in [5.41, 5.74) is 9.15. The molecule has 4 aromatic rings. The summed E-state index contributed by atoms with van der Waals surface area (Å²) in [7, 11) is 0. The number of nitrogens with zero attached hydrogens (tertiary/aromatic N) is 2. The Morgan fingerprint density at radius 3 is 2.53 bits per heavy atom. The number of anilines is 1. The minimum atomic E-state index is -0.143. The van der Waals surface area contributed by atoms with E-state index >= 15 is 0 Å². The monoisotopic (exact) mass is 423 g/mol. The van der Waals surface area contributed by atoms with E-state index in [4.69, 9.17) is 9.84 Å². The average Bonchev–Trinajstić information content (AvgIpc) is 3.21. The van der Waals surface area contributed by atoms with Gasteiger partial charge in [0.15, 0.2) is 6.17 Å². The second-order valence-corrected chi connectivity index (χ2v) is 8.53. The van der Waals surface area contributed by atoms with Gasteiger partial charge in [-0.2, -0.15) is 5.10 Å². The highest BCUT2D eigenvalue weighted by Crippen LogP contribution is 2.41. The minimum Gasteiger partial charge on any atom is -0.493 e. The summed E-state index contributed by atoms with van der Waals surface area (Å²) in [4.78, 5) is 0. The molecule has 0 radical (unpaired) electrons. The van der Waals surface area contributed by atoms with Gasteiger partial charge in [0.05, 0.1) is 18.0 Å². The van der Waals surface area contributed by atoms with Crippen LogP contribution in [0.25, 0.3) is 22.4 Å². The van der Waals surface area contributed by atoms with E-state index in [9.17, 15) is 0 Å². The van der Waals surface area contributed by atoms with Crippen molar-refractivity contribution in [3.8, 4) is 28.1 Å². The fraction of sp³-hybridized carbons (Fsp3) is 0.250. The molecule has 4 nitrogen and oxygen atoms in total. The van der Waals surface area contributed by atoms with E-state index in [2.05, 4.69) is 96.6 Å². The second kappa shape index (κ2) is 8.54. The number of aryl methyl sites for hydroxylation is 2. The van der Waals surface area contributed by atoms with Crippen molar-refractivity contribution in [1.82, 2.24) is 9.78 Å². The zero-order valence-electron chi connectivity index (χ0n) is 18.9. The number of rotatable bonds is 6. The van der Waals surface area contributed by atoms with Gasteiger partial charge in [0.1, 0.15) is 5.75 Å². The first-order chi connectivity index (χ1) is 15.6. The summed E-state index contributed by atoms with van der Waals surface area (Å²) in [5, 5.41) is 8.58. The van der Waals surface area contributed by atoms with Crippen LogP contribution in [0.4, 0.5) is 5.69 Å². The SMILES string of the molecule is CCCCOc1ccc(-c2ccc(C)cc2)cc1[C@H]1Nc2ccccc2-c2cc(C)nn21. The molecule has 1 aromatic heterocycles. The molecule has 0 bridgehead atoms. The Balaban J connectivity index is 1.63. The Morgan fingerprint density at radius 1 is 0.938 bits per heavy atom. The van der Waals surface area contributed by atoms with E-state index in [0.717, 1.165) is 41.2 Å². The van der Waals surface area contributed by atoms with Crippen LogP contribution in [-0.2, 0) is 0 Å². The Labute approximate surface area is 189 Å². The van der Waals surface area contributed by atoms with Crippen LogP contribution in [0, 0.1) is 13.8 Å². The summed E-state index contributed by atoms with van der Waals surface area (Å²) >= 11 is 0. The lowest BCUT2D eigenvalue weighted by molar-refractivity contribution is 0.303. The largest absolute Gasteiger partial charge is 0.493 e. The van der Waals surface area contributed by atoms with Crippen LogP contribution in [0.5, 0.6) is 5.75 Å². The Hall–Kier alpha value is -3.53. The van der Waals surface area contributed by atoms with Crippen LogP contribution in [-0.4, -0.2) is 16.4 Å². The summed E-state index contributed by atoms with van der Waals surface area (Å²) in [5.74, 6) is 0.908. The fourth-order valence-corrected chi connectivity index (χ4v) is 4.31. The standard InChI is InChI=1S/C28H29N3O/c1-4-5-16-32-27-15-14-22(21-12-10-19(2)11-13-21)18-24(27)28-29-25-9-7-6-8-23(25)26-17-20(3)30-31(26)28/h6-15,17-18,28-29H,4-5,16H2,1-3H3/t28-/m0/s1. The number of fused-ring (bicyclic) bond motifs is 3. The third-order valence-electron chi connectivity index (χ3n) is 6.04. The molecule has 0 aliphatic carbocycles. The van der Waals surface area contributed by atoms with Crippen LogP contribution in [0.3, 0.4) is 0 Å². The maximum Gasteiger partial charge on any atom is 0.150 e. The molecular weight excluding hydrogens is 394 g/mol. The van der Waals surface area contributed by atoms with Crippen LogP contribution in [0.15, 0.2) is 72.8 Å². The van der Waals surface area contributed by atoms with Crippen LogP contribution < -0.4 is 10.1 Å². The number of aromatic nitrogens is 2. The molecule has 1 N–H and O–H groups in total. The lowest BCUT2D eigenvalue weighted by Crippen LogP contribution is -2.26. The number of benzene rings is 3. The maximum atomic E-state index is 6.27. The third kappa shape index (κ3) is 3.77. The molecular formula is C28H29N3O. The average molecular weight is 424 g/mol. The first-order valence-electron chi connectivity index (χ1n) is 11.4. The number of hydrogen-bond acceptors (Lipinski definition) is 3. The molecule has 0 saturated heterocycles. The highest BCUT2D eigenvalue weighted by molar-refractivity contribution is 5.79. The number of ether oxygens (including phenoxy) is 1. The zero-order chi connectivity index (χ0) is 22.1. The number of para-hydroxylation sites is 1. The molecule has 3 aromatic carbocycles. The quantitative estimate of drug-likeness (QED) is 0.340. The molecule has 5 rings (SSSR count). The van der Waals surface area contributed by atoms with E-state index in [1.165, 1.54) is 22.3 Å². The van der Waals surface area contributed by atoms with E-state index in [1.807, 2.05) is 6.92 Å². The third-order valence-corrected chi connectivity index (χ3v) is 6.04. The van der Waals surface area contributed by atoms with Crippen molar-refractivity contribution in [2.24, 2.45) is 0 Å². The van der Waals surface area contributed by atoms with E-state index < -0.39 is 0 Å². The highest BCUT2D eigenvalue weighted by Gasteiger charge is 2.28. The van der Waals surface area contributed by atoms with Gasteiger partial charge in [-0.15, -0.1) is 0 Å². The van der Waals surface area contributed by atoms with Crippen LogP contribution in [0.2, 0.25) is 0 Å². The molecule has 2 heterocycles. The van der Waals surface area contributed by atoms with Gasteiger partial charge < -0.3 is 10.1 Å². The van der Waals surface area contributed by atoms with E-state index in [0.29, 0.717) is 6.61 Å². The van der Waals surface area contributed by atoms with Crippen molar-refractivity contribution in [1.29, 1.82) is 0 Å². The minimum absolute atomic E-state index is 0.143. The molecule has 0 fully saturated rings. The predicted octanol–water partition coefficient (Wildman–Crippen LogP) is 6.99. The number of nitrogens with one attached hydrogen (secondary N) is 1. The lowest BCUT2D eigenvalue weighted by Gasteiger charge is -2.30. The van der Waals surface area contributed by atoms with Crippen molar-refractivity contribution < 1.29 is 4.74 Å². The normalized spacial score (nSPS) is 14.4. The maximum absolute atomic E-state index is 6.27. The topological polar surface area (TPSA) is 39.1 Å². The summed E-state index contributed by atoms with van der Waals surface area (Å²) < 4.78 is 8.37. The lowest BCUT2D eigenvalue weighted by atomic mass is 9.98. The smallest absolute Gasteiger partial charge is 0.150 e. The van der Waals surface area contributed by atoms with Gasteiger partial charge in [0.25, 0.3) is 0 Å². The van der Waals surface area contributed by atoms with Gasteiger partial charge in [-0.05, 0) is 55.7 Å². The molecule has 0 unspecified atom stereocenters. The van der Waals surface area contributed by atoms with Crippen molar-refractivity contribution in [3.63, 3.8) is 0 Å². The van der Waals surface area contributed by atoms with Crippen LogP contribution >= 0.6 is 0 Å². The Morgan fingerprint density at radius 2 is 1.72 bits per heavy atom. The van der Waals surface area contributed by atoms with E-state index in [1.54, 1.807) is 0 Å². The van der Waals surface area contributed by atoms with Gasteiger partial charge >= 0.3 is 0 Å². The number of hydrogen-bond donors (Lipinski definition) is 1. The van der Waals surface area contributed by atoms with Gasteiger partial charge in [-0.1, -0.05) is 67.4 Å². The fourth-order valence-electron chi connectivity index (χ4n) is 4.31. The van der Waals surface area contributed by atoms with Crippen molar-refractivity contribution in [2.45, 2.75) is 39.8 Å². The summed E-state index contributed by atoms with van der Waals surface area (Å²) in [6.45, 7) is 7.06. The van der Waals surface area contributed by atoms with Gasteiger partial charge in [-0.25, -0.2) is 4.68 Å². The Kier molecular flexibility index (Phi) is 5.44. The summed E-state index contributed by atoms with van der Waals surface area (Å²) in [6, 6.07) is 25.8. The molecule has 0 spiro atoms. The Bertz CT molecular complexity index is 1240. The molecule has 0 saturated carbocycles. The molecule has 1 atom stereocenters. The van der Waals surface area contributed by atoms with Gasteiger partial charge in [0.2, 0.25) is 0 Å². The molecule has 1 aliphatic heterocycles. The number of unbranched alkanes of at least 4 members (excludes halogenated alkanes) is 1. The molecule has 32 heavy (non-hydrogen) atoms. The van der Waals surface area contributed by atoms with Gasteiger partial charge in [0, 0.05) is 16.8 Å². The van der Waals surface area contributed by atoms with Crippen molar-refractivity contribution in [3.05, 3.63) is 89.6 Å². The molecule has 0 amide bonds. The molecule has 162 valence electrons.